The fourth-order valence-electron chi connectivity index (χ4n) is 1.85. The van der Waals surface area contributed by atoms with Gasteiger partial charge in [-0.1, -0.05) is 30.3 Å². The van der Waals surface area contributed by atoms with E-state index < -0.39 is 5.97 Å². The van der Waals surface area contributed by atoms with Crippen LogP contribution in [0.5, 0.6) is 0 Å². The molecule has 104 valence electrons. The van der Waals surface area contributed by atoms with Crippen LogP contribution in [0.4, 0.5) is 0 Å². The number of hydrogen-bond acceptors (Lipinski definition) is 3. The number of aromatic carboxylic acids is 1. The van der Waals surface area contributed by atoms with Crippen LogP contribution in [0.25, 0.3) is 0 Å². The SMILES string of the molecule is CCN(Cc1ccccc1)C(=O)c1ccc(C(=O)O)s1. The first-order chi connectivity index (χ1) is 9.61. The van der Waals surface area contributed by atoms with Gasteiger partial charge in [-0.2, -0.15) is 0 Å². The lowest BCUT2D eigenvalue weighted by molar-refractivity contribution is 0.0701. The molecule has 0 bridgehead atoms. The molecule has 0 atom stereocenters. The van der Waals surface area contributed by atoms with Crippen LogP contribution in [0, 0.1) is 0 Å². The summed E-state index contributed by atoms with van der Waals surface area (Å²) in [6, 6.07) is 12.8. The molecule has 2 rings (SSSR count). The minimum atomic E-state index is -1.000. The van der Waals surface area contributed by atoms with Gasteiger partial charge in [0.1, 0.15) is 4.88 Å². The normalized spacial score (nSPS) is 10.2. The van der Waals surface area contributed by atoms with Crippen molar-refractivity contribution in [3.8, 4) is 0 Å². The topological polar surface area (TPSA) is 57.6 Å². The lowest BCUT2D eigenvalue weighted by Crippen LogP contribution is -2.29. The van der Waals surface area contributed by atoms with Crippen molar-refractivity contribution in [3.63, 3.8) is 0 Å². The molecule has 0 saturated carbocycles. The highest BCUT2D eigenvalue weighted by atomic mass is 32.1. The van der Waals surface area contributed by atoms with E-state index in [2.05, 4.69) is 0 Å². The molecular formula is C15H15NO3S. The van der Waals surface area contributed by atoms with E-state index in [9.17, 15) is 9.59 Å². The molecule has 1 heterocycles. The Labute approximate surface area is 121 Å². The molecular weight excluding hydrogens is 274 g/mol. The maximum Gasteiger partial charge on any atom is 0.345 e. The quantitative estimate of drug-likeness (QED) is 0.920. The van der Waals surface area contributed by atoms with Gasteiger partial charge >= 0.3 is 5.97 Å². The molecule has 5 heteroatoms. The maximum atomic E-state index is 12.4. The zero-order valence-electron chi connectivity index (χ0n) is 11.1. The molecule has 0 aliphatic heterocycles. The highest BCUT2D eigenvalue weighted by molar-refractivity contribution is 7.15. The van der Waals surface area contributed by atoms with Crippen LogP contribution in [-0.2, 0) is 6.54 Å². The van der Waals surface area contributed by atoms with Crippen molar-refractivity contribution < 1.29 is 14.7 Å². The van der Waals surface area contributed by atoms with E-state index in [1.807, 2.05) is 37.3 Å². The third-order valence-corrected chi connectivity index (χ3v) is 3.97. The summed E-state index contributed by atoms with van der Waals surface area (Å²) in [6.07, 6.45) is 0. The third kappa shape index (κ3) is 3.24. The molecule has 0 aliphatic rings. The number of carboxylic acids is 1. The maximum absolute atomic E-state index is 12.4. The number of hydrogen-bond donors (Lipinski definition) is 1. The van der Waals surface area contributed by atoms with Crippen LogP contribution in [0.15, 0.2) is 42.5 Å². The van der Waals surface area contributed by atoms with E-state index in [1.54, 1.807) is 11.0 Å². The van der Waals surface area contributed by atoms with E-state index in [-0.39, 0.29) is 10.8 Å². The number of thiophene rings is 1. The predicted molar refractivity (Wildman–Crippen MR) is 78.1 cm³/mol. The summed E-state index contributed by atoms with van der Waals surface area (Å²) in [5.74, 6) is -1.13. The standard InChI is InChI=1S/C15H15NO3S/c1-2-16(10-11-6-4-3-5-7-11)14(17)12-8-9-13(20-12)15(18)19/h3-9H,2,10H2,1H3,(H,18,19). The monoisotopic (exact) mass is 289 g/mol. The minimum Gasteiger partial charge on any atom is -0.477 e. The van der Waals surface area contributed by atoms with Crippen molar-refractivity contribution in [1.29, 1.82) is 0 Å². The van der Waals surface area contributed by atoms with E-state index in [4.69, 9.17) is 5.11 Å². The molecule has 0 fully saturated rings. The smallest absolute Gasteiger partial charge is 0.345 e. The van der Waals surface area contributed by atoms with Crippen molar-refractivity contribution >= 4 is 23.2 Å². The van der Waals surface area contributed by atoms with Crippen molar-refractivity contribution in [1.82, 2.24) is 4.90 Å². The van der Waals surface area contributed by atoms with Crippen LogP contribution < -0.4 is 0 Å². The zero-order valence-corrected chi connectivity index (χ0v) is 11.9. The van der Waals surface area contributed by atoms with Crippen LogP contribution >= 0.6 is 11.3 Å². The molecule has 0 unspecified atom stereocenters. The number of benzene rings is 1. The Morgan fingerprint density at radius 1 is 1.10 bits per heavy atom. The molecule has 0 radical (unpaired) electrons. The summed E-state index contributed by atoms with van der Waals surface area (Å²) in [5, 5.41) is 8.90. The van der Waals surface area contributed by atoms with E-state index >= 15 is 0 Å². The first-order valence-corrected chi connectivity index (χ1v) is 7.09. The van der Waals surface area contributed by atoms with Gasteiger partial charge in [-0.15, -0.1) is 11.3 Å². The number of carbonyl (C=O) groups is 2. The van der Waals surface area contributed by atoms with E-state index in [0.29, 0.717) is 18.0 Å². The summed E-state index contributed by atoms with van der Waals surface area (Å²) in [4.78, 5) is 25.6. The first-order valence-electron chi connectivity index (χ1n) is 6.28. The van der Waals surface area contributed by atoms with Crippen LogP contribution in [0.1, 0.15) is 31.8 Å². The summed E-state index contributed by atoms with van der Waals surface area (Å²) < 4.78 is 0. The lowest BCUT2D eigenvalue weighted by Gasteiger charge is -2.20. The summed E-state index contributed by atoms with van der Waals surface area (Å²) in [5.41, 5.74) is 1.05. The van der Waals surface area contributed by atoms with Crippen molar-refractivity contribution in [2.45, 2.75) is 13.5 Å². The average molecular weight is 289 g/mol. The molecule has 4 nitrogen and oxygen atoms in total. The van der Waals surface area contributed by atoms with Crippen molar-refractivity contribution in [2.75, 3.05) is 6.54 Å². The van der Waals surface area contributed by atoms with E-state index in [1.165, 1.54) is 6.07 Å². The van der Waals surface area contributed by atoms with Gasteiger partial charge < -0.3 is 10.0 Å². The highest BCUT2D eigenvalue weighted by Gasteiger charge is 2.18. The number of nitrogens with zero attached hydrogens (tertiary/aromatic N) is 1. The second-order valence-corrected chi connectivity index (χ2v) is 5.36. The molecule has 1 N–H and O–H groups in total. The largest absolute Gasteiger partial charge is 0.477 e. The van der Waals surface area contributed by atoms with Gasteiger partial charge in [0.25, 0.3) is 5.91 Å². The Morgan fingerprint density at radius 3 is 2.30 bits per heavy atom. The lowest BCUT2D eigenvalue weighted by atomic mass is 10.2. The van der Waals surface area contributed by atoms with Crippen molar-refractivity contribution in [2.24, 2.45) is 0 Å². The second-order valence-electron chi connectivity index (χ2n) is 4.27. The fraction of sp³-hybridized carbons (Fsp3) is 0.200. The van der Waals surface area contributed by atoms with Gasteiger partial charge in [0.15, 0.2) is 0 Å². The molecule has 1 amide bonds. The average Bonchev–Trinajstić information content (AvgIpc) is 2.95. The molecule has 0 spiro atoms. The summed E-state index contributed by atoms with van der Waals surface area (Å²) >= 11 is 1.01. The second kappa shape index (κ2) is 6.34. The predicted octanol–water partition coefficient (Wildman–Crippen LogP) is 3.11. The van der Waals surface area contributed by atoms with Crippen LogP contribution in [0.3, 0.4) is 0 Å². The highest BCUT2D eigenvalue weighted by Crippen LogP contribution is 2.19. The fourth-order valence-corrected chi connectivity index (χ4v) is 2.67. The molecule has 0 saturated heterocycles. The van der Waals surface area contributed by atoms with Gasteiger partial charge in [-0.05, 0) is 24.6 Å². The van der Waals surface area contributed by atoms with Gasteiger partial charge in [0.2, 0.25) is 0 Å². The Balaban J connectivity index is 2.14. The Bertz CT molecular complexity index is 607. The van der Waals surface area contributed by atoms with Crippen LogP contribution in [-0.4, -0.2) is 28.4 Å². The Morgan fingerprint density at radius 2 is 1.75 bits per heavy atom. The first kappa shape index (κ1) is 14.3. The van der Waals surface area contributed by atoms with Gasteiger partial charge in [0.05, 0.1) is 4.88 Å². The minimum absolute atomic E-state index is 0.131. The Hall–Kier alpha value is -2.14. The molecule has 20 heavy (non-hydrogen) atoms. The molecule has 1 aromatic carbocycles. The molecule has 0 aliphatic carbocycles. The number of carboxylic acid groups (broad SMARTS) is 1. The van der Waals surface area contributed by atoms with Gasteiger partial charge in [-0.25, -0.2) is 4.79 Å². The van der Waals surface area contributed by atoms with Gasteiger partial charge in [0, 0.05) is 13.1 Å². The number of rotatable bonds is 5. The molecule has 2 aromatic rings. The molecule has 1 aromatic heterocycles. The zero-order chi connectivity index (χ0) is 14.5. The summed E-state index contributed by atoms with van der Waals surface area (Å²) in [7, 11) is 0. The van der Waals surface area contributed by atoms with Crippen LogP contribution in [0.2, 0.25) is 0 Å². The van der Waals surface area contributed by atoms with E-state index in [0.717, 1.165) is 16.9 Å². The summed E-state index contributed by atoms with van der Waals surface area (Å²) in [6.45, 7) is 3.01. The number of carbonyl (C=O) groups excluding carboxylic acids is 1. The van der Waals surface area contributed by atoms with Crippen molar-refractivity contribution in [3.05, 3.63) is 57.8 Å². The van der Waals surface area contributed by atoms with Gasteiger partial charge in [-0.3, -0.25) is 4.79 Å². The third-order valence-electron chi connectivity index (χ3n) is 2.91. The number of amides is 1. The Kier molecular flexibility index (Phi) is 4.53.